The lowest BCUT2D eigenvalue weighted by atomic mass is 9.94. The van der Waals surface area contributed by atoms with Crippen LogP contribution in [0.1, 0.15) is 24.0 Å². The van der Waals surface area contributed by atoms with Crippen molar-refractivity contribution in [3.05, 3.63) is 65.7 Å². The van der Waals surface area contributed by atoms with Gasteiger partial charge in [0.05, 0.1) is 0 Å². The SMILES string of the molecule is CN(C)C(O)C1(Cc2ccc(OCc3ccccc3)cc2)CC1. The maximum absolute atomic E-state index is 10.3. The first-order valence-corrected chi connectivity index (χ1v) is 8.19. The van der Waals surface area contributed by atoms with Crippen LogP contribution >= 0.6 is 0 Å². The highest BCUT2D eigenvalue weighted by atomic mass is 16.5. The molecule has 1 N–H and O–H groups in total. The zero-order chi connectivity index (χ0) is 16.3. The van der Waals surface area contributed by atoms with Crippen LogP contribution in [0.2, 0.25) is 0 Å². The molecule has 0 bridgehead atoms. The zero-order valence-corrected chi connectivity index (χ0v) is 13.9. The van der Waals surface area contributed by atoms with Gasteiger partial charge in [-0.1, -0.05) is 42.5 Å². The van der Waals surface area contributed by atoms with Crippen molar-refractivity contribution in [2.24, 2.45) is 5.41 Å². The number of hydrogen-bond donors (Lipinski definition) is 1. The lowest BCUT2D eigenvalue weighted by Crippen LogP contribution is -2.37. The van der Waals surface area contributed by atoms with Crippen LogP contribution in [-0.4, -0.2) is 30.3 Å². The molecule has 0 aromatic heterocycles. The minimum absolute atomic E-state index is 0.0376. The average Bonchev–Trinajstić information content (AvgIpc) is 3.35. The molecule has 1 fully saturated rings. The summed E-state index contributed by atoms with van der Waals surface area (Å²) in [6.45, 7) is 0.587. The first-order chi connectivity index (χ1) is 11.1. The summed E-state index contributed by atoms with van der Waals surface area (Å²) in [4.78, 5) is 1.91. The van der Waals surface area contributed by atoms with Gasteiger partial charge in [-0.25, -0.2) is 0 Å². The smallest absolute Gasteiger partial charge is 0.119 e. The van der Waals surface area contributed by atoms with Crippen LogP contribution in [0.5, 0.6) is 5.75 Å². The van der Waals surface area contributed by atoms with Crippen molar-refractivity contribution in [2.45, 2.75) is 32.1 Å². The highest BCUT2D eigenvalue weighted by molar-refractivity contribution is 5.29. The molecule has 1 aliphatic carbocycles. The highest BCUT2D eigenvalue weighted by Gasteiger charge is 2.49. The van der Waals surface area contributed by atoms with Crippen LogP contribution < -0.4 is 4.74 Å². The molecule has 0 aliphatic heterocycles. The number of benzene rings is 2. The third-order valence-corrected chi connectivity index (χ3v) is 4.66. The van der Waals surface area contributed by atoms with Gasteiger partial charge in [0, 0.05) is 5.41 Å². The lowest BCUT2D eigenvalue weighted by Gasteiger charge is -2.28. The Morgan fingerprint density at radius 3 is 2.22 bits per heavy atom. The first-order valence-electron chi connectivity index (χ1n) is 8.19. The Balaban J connectivity index is 1.57. The standard InChI is InChI=1S/C20H25NO2/c1-21(2)19(22)20(12-13-20)14-16-8-10-18(11-9-16)23-15-17-6-4-3-5-7-17/h3-11,19,22H,12-15H2,1-2H3. The third-order valence-electron chi connectivity index (χ3n) is 4.66. The second-order valence-corrected chi connectivity index (χ2v) is 6.79. The van der Waals surface area contributed by atoms with Gasteiger partial charge < -0.3 is 9.84 Å². The summed E-state index contributed by atoms with van der Waals surface area (Å²) in [7, 11) is 3.87. The van der Waals surface area contributed by atoms with E-state index in [2.05, 4.69) is 24.3 Å². The number of rotatable bonds is 7. The number of aliphatic hydroxyl groups excluding tert-OH is 1. The molecule has 1 unspecified atom stereocenters. The Labute approximate surface area is 138 Å². The molecular formula is C20H25NO2. The van der Waals surface area contributed by atoms with Gasteiger partial charge in [-0.05, 0) is 56.6 Å². The van der Waals surface area contributed by atoms with Gasteiger partial charge in [-0.3, -0.25) is 4.90 Å². The van der Waals surface area contributed by atoms with Gasteiger partial charge in [0.15, 0.2) is 0 Å². The van der Waals surface area contributed by atoms with E-state index in [1.165, 1.54) is 11.1 Å². The minimum atomic E-state index is -0.364. The molecule has 1 saturated carbocycles. The summed E-state index contributed by atoms with van der Waals surface area (Å²) < 4.78 is 5.82. The fourth-order valence-corrected chi connectivity index (χ4v) is 3.09. The van der Waals surface area contributed by atoms with Gasteiger partial charge in [0.25, 0.3) is 0 Å². The van der Waals surface area contributed by atoms with E-state index in [4.69, 9.17) is 4.74 Å². The molecule has 3 rings (SSSR count). The molecule has 0 spiro atoms. The van der Waals surface area contributed by atoms with Gasteiger partial charge in [-0.2, -0.15) is 0 Å². The molecule has 23 heavy (non-hydrogen) atoms. The Morgan fingerprint density at radius 1 is 1.00 bits per heavy atom. The van der Waals surface area contributed by atoms with Crippen LogP contribution in [0.25, 0.3) is 0 Å². The lowest BCUT2D eigenvalue weighted by molar-refractivity contribution is -0.0224. The number of nitrogens with zero attached hydrogens (tertiary/aromatic N) is 1. The van der Waals surface area contributed by atoms with Crippen molar-refractivity contribution >= 4 is 0 Å². The molecular weight excluding hydrogens is 286 g/mol. The fraction of sp³-hybridized carbons (Fsp3) is 0.400. The molecule has 3 nitrogen and oxygen atoms in total. The van der Waals surface area contributed by atoms with E-state index < -0.39 is 0 Å². The van der Waals surface area contributed by atoms with Crippen molar-refractivity contribution in [1.29, 1.82) is 0 Å². The van der Waals surface area contributed by atoms with Gasteiger partial charge in [0.1, 0.15) is 18.6 Å². The summed E-state index contributed by atoms with van der Waals surface area (Å²) in [6.07, 6.45) is 2.75. The molecule has 2 aromatic carbocycles. The van der Waals surface area contributed by atoms with Gasteiger partial charge in [0.2, 0.25) is 0 Å². The van der Waals surface area contributed by atoms with Crippen LogP contribution in [-0.2, 0) is 13.0 Å². The fourth-order valence-electron chi connectivity index (χ4n) is 3.09. The van der Waals surface area contributed by atoms with E-state index in [1.807, 2.05) is 49.3 Å². The maximum Gasteiger partial charge on any atom is 0.119 e. The zero-order valence-electron chi connectivity index (χ0n) is 13.9. The van der Waals surface area contributed by atoms with Crippen molar-refractivity contribution < 1.29 is 9.84 Å². The second-order valence-electron chi connectivity index (χ2n) is 6.79. The van der Waals surface area contributed by atoms with E-state index in [9.17, 15) is 5.11 Å². The van der Waals surface area contributed by atoms with Crippen molar-refractivity contribution in [2.75, 3.05) is 14.1 Å². The minimum Gasteiger partial charge on any atom is -0.489 e. The van der Waals surface area contributed by atoms with Crippen molar-refractivity contribution in [1.82, 2.24) is 4.90 Å². The molecule has 1 aliphatic rings. The summed E-state index contributed by atoms with van der Waals surface area (Å²) >= 11 is 0. The molecule has 3 heteroatoms. The summed E-state index contributed by atoms with van der Waals surface area (Å²) in [5.41, 5.74) is 2.47. The Morgan fingerprint density at radius 2 is 1.65 bits per heavy atom. The topological polar surface area (TPSA) is 32.7 Å². The summed E-state index contributed by atoms with van der Waals surface area (Å²) in [5.74, 6) is 0.885. The van der Waals surface area contributed by atoms with Crippen LogP contribution in [0, 0.1) is 5.41 Å². The molecule has 0 amide bonds. The van der Waals surface area contributed by atoms with E-state index >= 15 is 0 Å². The number of ether oxygens (including phenoxy) is 1. The second kappa shape index (κ2) is 6.73. The largest absolute Gasteiger partial charge is 0.489 e. The predicted molar refractivity (Wildman–Crippen MR) is 92.3 cm³/mol. The summed E-state index contributed by atoms with van der Waals surface area (Å²) in [5, 5.41) is 10.3. The van der Waals surface area contributed by atoms with E-state index in [1.54, 1.807) is 0 Å². The molecule has 0 heterocycles. The Hall–Kier alpha value is -1.84. The molecule has 0 radical (unpaired) electrons. The third kappa shape index (κ3) is 3.92. The summed E-state index contributed by atoms with van der Waals surface area (Å²) in [6, 6.07) is 18.5. The number of hydrogen-bond acceptors (Lipinski definition) is 3. The van der Waals surface area contributed by atoms with E-state index in [0.29, 0.717) is 6.61 Å². The molecule has 2 aromatic rings. The van der Waals surface area contributed by atoms with Crippen LogP contribution in [0.3, 0.4) is 0 Å². The van der Waals surface area contributed by atoms with Crippen LogP contribution in [0.4, 0.5) is 0 Å². The van der Waals surface area contributed by atoms with E-state index in [-0.39, 0.29) is 11.6 Å². The van der Waals surface area contributed by atoms with Gasteiger partial charge >= 0.3 is 0 Å². The average molecular weight is 311 g/mol. The quantitative estimate of drug-likeness (QED) is 0.795. The molecule has 0 saturated heterocycles. The normalized spacial score (nSPS) is 17.0. The number of aliphatic hydroxyl groups is 1. The Kier molecular flexibility index (Phi) is 4.69. The maximum atomic E-state index is 10.3. The monoisotopic (exact) mass is 311 g/mol. The molecule has 1 atom stereocenters. The van der Waals surface area contributed by atoms with Gasteiger partial charge in [-0.15, -0.1) is 0 Å². The van der Waals surface area contributed by atoms with Crippen molar-refractivity contribution in [3.8, 4) is 5.75 Å². The van der Waals surface area contributed by atoms with Crippen molar-refractivity contribution in [3.63, 3.8) is 0 Å². The first kappa shape index (κ1) is 16.0. The highest BCUT2D eigenvalue weighted by Crippen LogP contribution is 2.51. The Bertz CT molecular complexity index is 618. The molecule has 122 valence electrons. The van der Waals surface area contributed by atoms with E-state index in [0.717, 1.165) is 25.0 Å². The van der Waals surface area contributed by atoms with Crippen LogP contribution in [0.15, 0.2) is 54.6 Å². The predicted octanol–water partition coefficient (Wildman–Crippen LogP) is 3.47.